The van der Waals surface area contributed by atoms with Gasteiger partial charge >= 0.3 is 0 Å². The molecule has 3 atom stereocenters. The molecule has 3 rings (SSSR count). The van der Waals surface area contributed by atoms with Crippen molar-refractivity contribution in [2.24, 2.45) is 5.92 Å². The van der Waals surface area contributed by atoms with E-state index in [-0.39, 0.29) is 5.92 Å². The maximum Gasteiger partial charge on any atom is 0.119 e. The molecule has 0 saturated carbocycles. The van der Waals surface area contributed by atoms with E-state index in [9.17, 15) is 5.11 Å². The van der Waals surface area contributed by atoms with Gasteiger partial charge in [-0.3, -0.25) is 4.90 Å². The fraction of sp³-hybridized carbons (Fsp3) is 0.700. The zero-order chi connectivity index (χ0) is 17.0. The average molecular weight is 333 g/mol. The van der Waals surface area contributed by atoms with Crippen LogP contribution in [0, 0.1) is 5.92 Å². The van der Waals surface area contributed by atoms with E-state index in [1.807, 2.05) is 13.0 Å². The topological polar surface area (TPSA) is 41.9 Å². The van der Waals surface area contributed by atoms with E-state index in [1.165, 1.54) is 12.0 Å². The normalized spacial score (nSPS) is 31.3. The van der Waals surface area contributed by atoms with Crippen molar-refractivity contribution in [1.82, 2.24) is 4.90 Å². The number of aliphatic hydroxyl groups is 1. The van der Waals surface area contributed by atoms with Gasteiger partial charge in [-0.1, -0.05) is 19.1 Å². The van der Waals surface area contributed by atoms with Gasteiger partial charge in [-0.05, 0) is 56.8 Å². The Morgan fingerprint density at radius 2 is 2.29 bits per heavy atom. The fourth-order valence-corrected chi connectivity index (χ4v) is 4.10. The molecule has 0 unspecified atom stereocenters. The second-order valence-electron chi connectivity index (χ2n) is 7.38. The zero-order valence-corrected chi connectivity index (χ0v) is 15.0. The lowest BCUT2D eigenvalue weighted by Gasteiger charge is -2.43. The van der Waals surface area contributed by atoms with E-state index < -0.39 is 5.60 Å². The number of rotatable bonds is 6. The highest BCUT2D eigenvalue weighted by Crippen LogP contribution is 2.35. The van der Waals surface area contributed by atoms with E-state index in [2.05, 4.69) is 30.0 Å². The molecule has 0 spiro atoms. The highest BCUT2D eigenvalue weighted by atomic mass is 16.5. The van der Waals surface area contributed by atoms with Crippen molar-refractivity contribution in [3.05, 3.63) is 29.8 Å². The van der Waals surface area contributed by atoms with Gasteiger partial charge in [-0.2, -0.15) is 0 Å². The van der Waals surface area contributed by atoms with Gasteiger partial charge in [-0.15, -0.1) is 0 Å². The van der Waals surface area contributed by atoms with Gasteiger partial charge in [0.15, 0.2) is 0 Å². The Morgan fingerprint density at radius 3 is 3.08 bits per heavy atom. The van der Waals surface area contributed by atoms with Crippen LogP contribution in [0.5, 0.6) is 5.75 Å². The van der Waals surface area contributed by atoms with Crippen LogP contribution in [-0.2, 0) is 11.2 Å². The lowest BCUT2D eigenvalue weighted by molar-refractivity contribution is -0.123. The molecule has 0 radical (unpaired) electrons. The summed E-state index contributed by atoms with van der Waals surface area (Å²) in [6.45, 7) is 8.18. The fourth-order valence-electron chi connectivity index (χ4n) is 4.10. The molecular formula is C20H31NO3. The molecule has 0 bridgehead atoms. The van der Waals surface area contributed by atoms with E-state index in [4.69, 9.17) is 9.47 Å². The van der Waals surface area contributed by atoms with Gasteiger partial charge in [0.25, 0.3) is 0 Å². The maximum absolute atomic E-state index is 10.7. The van der Waals surface area contributed by atoms with Crippen LogP contribution in [0.2, 0.25) is 0 Å². The quantitative estimate of drug-likeness (QED) is 0.869. The summed E-state index contributed by atoms with van der Waals surface area (Å²) in [4.78, 5) is 2.48. The summed E-state index contributed by atoms with van der Waals surface area (Å²) in [7, 11) is 0. The molecule has 0 aliphatic carbocycles. The molecule has 2 fully saturated rings. The highest BCUT2D eigenvalue weighted by molar-refractivity contribution is 5.28. The number of nitrogens with zero attached hydrogens (tertiary/aromatic N) is 1. The van der Waals surface area contributed by atoms with E-state index in [1.54, 1.807) is 0 Å². The van der Waals surface area contributed by atoms with Crippen LogP contribution in [0.15, 0.2) is 24.3 Å². The second-order valence-corrected chi connectivity index (χ2v) is 7.38. The number of hydrogen-bond donors (Lipinski definition) is 1. The molecule has 2 aliphatic heterocycles. The summed E-state index contributed by atoms with van der Waals surface area (Å²) in [6, 6.07) is 8.75. The van der Waals surface area contributed by atoms with E-state index >= 15 is 0 Å². The van der Waals surface area contributed by atoms with Crippen LogP contribution in [0.25, 0.3) is 0 Å². The summed E-state index contributed by atoms with van der Waals surface area (Å²) < 4.78 is 11.6. The molecule has 2 saturated heterocycles. The van der Waals surface area contributed by atoms with Crippen molar-refractivity contribution in [1.29, 1.82) is 0 Å². The van der Waals surface area contributed by atoms with Crippen molar-refractivity contribution in [3.63, 3.8) is 0 Å². The van der Waals surface area contributed by atoms with Crippen LogP contribution >= 0.6 is 0 Å². The van der Waals surface area contributed by atoms with Crippen molar-refractivity contribution < 1.29 is 14.6 Å². The molecule has 4 heteroatoms. The third kappa shape index (κ3) is 4.11. The predicted molar refractivity (Wildman–Crippen MR) is 95.5 cm³/mol. The molecule has 24 heavy (non-hydrogen) atoms. The number of hydrogen-bond acceptors (Lipinski definition) is 4. The number of ether oxygens (including phenoxy) is 2. The Morgan fingerprint density at radius 1 is 1.42 bits per heavy atom. The van der Waals surface area contributed by atoms with Crippen LogP contribution in [0.3, 0.4) is 0 Å². The molecule has 1 aromatic rings. The first kappa shape index (κ1) is 17.7. The van der Waals surface area contributed by atoms with Gasteiger partial charge in [0.05, 0.1) is 12.2 Å². The van der Waals surface area contributed by atoms with Gasteiger partial charge in [0.1, 0.15) is 12.4 Å². The monoisotopic (exact) mass is 333 g/mol. The maximum atomic E-state index is 10.7. The summed E-state index contributed by atoms with van der Waals surface area (Å²) in [5.74, 6) is 1.16. The molecule has 134 valence electrons. The third-order valence-corrected chi connectivity index (χ3v) is 5.68. The van der Waals surface area contributed by atoms with Crippen LogP contribution in [0.4, 0.5) is 0 Å². The Bertz CT molecular complexity index is 531. The first-order valence-electron chi connectivity index (χ1n) is 9.36. The summed E-state index contributed by atoms with van der Waals surface area (Å²) in [5.41, 5.74) is 0.698. The third-order valence-electron chi connectivity index (χ3n) is 5.68. The lowest BCUT2D eigenvalue weighted by atomic mass is 9.79. The Kier molecular flexibility index (Phi) is 5.80. The average Bonchev–Trinajstić information content (AvgIpc) is 3.03. The number of aryl methyl sites for hydroxylation is 1. The minimum Gasteiger partial charge on any atom is -0.492 e. The molecule has 0 amide bonds. The molecule has 1 aromatic carbocycles. The van der Waals surface area contributed by atoms with E-state index in [0.717, 1.165) is 38.1 Å². The Balaban J connectivity index is 1.54. The lowest BCUT2D eigenvalue weighted by Crippen LogP contribution is -2.53. The SMILES string of the molecule is CCc1cccc(OCCN2CCC[C@@H]2[C@@H]2COCC[C@@]2(C)O)c1. The van der Waals surface area contributed by atoms with Gasteiger partial charge in [0.2, 0.25) is 0 Å². The highest BCUT2D eigenvalue weighted by Gasteiger charge is 2.43. The molecule has 2 aliphatic rings. The molecule has 1 N–H and O–H groups in total. The van der Waals surface area contributed by atoms with Crippen molar-refractivity contribution >= 4 is 0 Å². The standard InChI is InChI=1S/C20H31NO3/c1-3-16-6-4-7-17(14-16)24-13-11-21-10-5-8-19(21)18-15-23-12-9-20(18,2)22/h4,6-7,14,18-19,22H,3,5,8-13,15H2,1-2H3/t18-,19+,20+/m0/s1. The number of benzene rings is 1. The predicted octanol–water partition coefficient (Wildman–Crippen LogP) is 2.88. The minimum atomic E-state index is -0.609. The zero-order valence-electron chi connectivity index (χ0n) is 15.0. The molecule has 0 aromatic heterocycles. The summed E-state index contributed by atoms with van der Waals surface area (Å²) in [6.07, 6.45) is 4.11. The van der Waals surface area contributed by atoms with Crippen LogP contribution in [0.1, 0.15) is 38.7 Å². The summed E-state index contributed by atoms with van der Waals surface area (Å²) in [5, 5.41) is 10.7. The molecular weight excluding hydrogens is 302 g/mol. The smallest absolute Gasteiger partial charge is 0.119 e. The second kappa shape index (κ2) is 7.85. The summed E-state index contributed by atoms with van der Waals surface area (Å²) >= 11 is 0. The first-order chi connectivity index (χ1) is 11.6. The van der Waals surface area contributed by atoms with Gasteiger partial charge in [-0.25, -0.2) is 0 Å². The first-order valence-corrected chi connectivity index (χ1v) is 9.36. The largest absolute Gasteiger partial charge is 0.492 e. The molecule has 2 heterocycles. The minimum absolute atomic E-state index is 0.206. The van der Waals surface area contributed by atoms with E-state index in [0.29, 0.717) is 25.9 Å². The Hall–Kier alpha value is -1.10. The van der Waals surface area contributed by atoms with Crippen LogP contribution in [-0.4, -0.2) is 54.6 Å². The van der Waals surface area contributed by atoms with Crippen molar-refractivity contribution in [2.45, 2.75) is 51.2 Å². The van der Waals surface area contributed by atoms with Crippen molar-refractivity contribution in [3.8, 4) is 5.75 Å². The van der Waals surface area contributed by atoms with Crippen molar-refractivity contribution in [2.75, 3.05) is 32.9 Å². The van der Waals surface area contributed by atoms with Crippen LogP contribution < -0.4 is 4.74 Å². The number of likely N-dealkylation sites (tertiary alicyclic amines) is 1. The van der Waals surface area contributed by atoms with Gasteiger partial charge in [0, 0.05) is 25.1 Å². The van der Waals surface area contributed by atoms with Gasteiger partial charge < -0.3 is 14.6 Å². The molecule has 4 nitrogen and oxygen atoms in total. The Labute approximate surface area is 145 Å².